The van der Waals surface area contributed by atoms with Gasteiger partial charge in [0.1, 0.15) is 17.5 Å². The minimum atomic E-state index is -1.16. The standard InChI is InChI=1S/C13H20N4O4/c1-12(2)10(19)15-8(18)7-17(12)11(20)13(9(14)16-21)5-3-4-6-13/h21H,3-7H2,1-2H3,(H2,14,16)(H,15,18,19). The van der Waals surface area contributed by atoms with Crippen molar-refractivity contribution in [3.8, 4) is 0 Å². The summed E-state index contributed by atoms with van der Waals surface area (Å²) in [6, 6.07) is 0. The summed E-state index contributed by atoms with van der Waals surface area (Å²) in [4.78, 5) is 37.7. The lowest BCUT2D eigenvalue weighted by atomic mass is 9.81. The summed E-state index contributed by atoms with van der Waals surface area (Å²) < 4.78 is 0. The van der Waals surface area contributed by atoms with Crippen LogP contribution < -0.4 is 11.1 Å². The molecule has 8 nitrogen and oxygen atoms in total. The number of hydrogen-bond donors (Lipinski definition) is 3. The van der Waals surface area contributed by atoms with Crippen LogP contribution in [-0.4, -0.2) is 45.7 Å². The lowest BCUT2D eigenvalue weighted by Crippen LogP contribution is -2.68. The summed E-state index contributed by atoms with van der Waals surface area (Å²) in [5.74, 6) is -1.64. The van der Waals surface area contributed by atoms with Gasteiger partial charge in [0.05, 0.1) is 0 Å². The van der Waals surface area contributed by atoms with Gasteiger partial charge in [-0.05, 0) is 26.7 Å². The van der Waals surface area contributed by atoms with Gasteiger partial charge in [0.15, 0.2) is 5.84 Å². The van der Waals surface area contributed by atoms with Crippen molar-refractivity contribution >= 4 is 23.6 Å². The van der Waals surface area contributed by atoms with E-state index in [1.54, 1.807) is 13.8 Å². The fourth-order valence-electron chi connectivity index (χ4n) is 3.02. The third kappa shape index (κ3) is 2.24. The van der Waals surface area contributed by atoms with Gasteiger partial charge in [-0.25, -0.2) is 0 Å². The van der Waals surface area contributed by atoms with Crippen LogP contribution in [-0.2, 0) is 14.4 Å². The highest BCUT2D eigenvalue weighted by atomic mass is 16.4. The van der Waals surface area contributed by atoms with Crippen LogP contribution in [0.15, 0.2) is 5.16 Å². The Morgan fingerprint density at radius 3 is 2.43 bits per heavy atom. The van der Waals surface area contributed by atoms with Gasteiger partial charge in [-0.1, -0.05) is 18.0 Å². The van der Waals surface area contributed by atoms with E-state index in [1.807, 2.05) is 0 Å². The van der Waals surface area contributed by atoms with E-state index < -0.39 is 28.7 Å². The molecule has 1 heterocycles. The van der Waals surface area contributed by atoms with E-state index in [9.17, 15) is 14.4 Å². The van der Waals surface area contributed by atoms with E-state index in [0.29, 0.717) is 12.8 Å². The largest absolute Gasteiger partial charge is 0.409 e. The minimum Gasteiger partial charge on any atom is -0.409 e. The number of carbonyl (C=O) groups is 3. The molecule has 2 aliphatic rings. The molecule has 1 saturated carbocycles. The first kappa shape index (κ1) is 15.3. The Balaban J connectivity index is 2.41. The molecular weight excluding hydrogens is 276 g/mol. The van der Waals surface area contributed by atoms with Gasteiger partial charge in [-0.3, -0.25) is 19.7 Å². The molecule has 1 saturated heterocycles. The summed E-state index contributed by atoms with van der Waals surface area (Å²) in [6.45, 7) is 2.93. The number of imide groups is 1. The molecular formula is C13H20N4O4. The van der Waals surface area contributed by atoms with Crippen molar-refractivity contribution in [2.24, 2.45) is 16.3 Å². The lowest BCUT2D eigenvalue weighted by Gasteiger charge is -2.44. The molecule has 0 atom stereocenters. The van der Waals surface area contributed by atoms with E-state index >= 15 is 0 Å². The zero-order valence-corrected chi connectivity index (χ0v) is 12.2. The Labute approximate surface area is 122 Å². The maximum Gasteiger partial charge on any atom is 0.252 e. The van der Waals surface area contributed by atoms with Crippen LogP contribution in [0.25, 0.3) is 0 Å². The summed E-state index contributed by atoms with van der Waals surface area (Å²) in [7, 11) is 0. The monoisotopic (exact) mass is 296 g/mol. The molecule has 8 heteroatoms. The van der Waals surface area contributed by atoms with Crippen LogP contribution >= 0.6 is 0 Å². The van der Waals surface area contributed by atoms with E-state index in [0.717, 1.165) is 12.8 Å². The Hall–Kier alpha value is -2.12. The van der Waals surface area contributed by atoms with Gasteiger partial charge >= 0.3 is 0 Å². The molecule has 3 amide bonds. The maximum absolute atomic E-state index is 13.0. The van der Waals surface area contributed by atoms with Crippen molar-refractivity contribution < 1.29 is 19.6 Å². The third-order valence-electron chi connectivity index (χ3n) is 4.49. The fraction of sp³-hybridized carbons (Fsp3) is 0.692. The SMILES string of the molecule is CC1(C)C(=O)NC(=O)CN1C(=O)C1(C(N)=NO)CCCC1. The molecule has 2 rings (SSSR count). The molecule has 0 radical (unpaired) electrons. The molecule has 116 valence electrons. The highest BCUT2D eigenvalue weighted by Crippen LogP contribution is 2.41. The fourth-order valence-corrected chi connectivity index (χ4v) is 3.02. The van der Waals surface area contributed by atoms with Gasteiger partial charge in [0.25, 0.3) is 5.91 Å². The van der Waals surface area contributed by atoms with Crippen molar-refractivity contribution in [3.05, 3.63) is 0 Å². The summed E-state index contributed by atoms with van der Waals surface area (Å²) in [6.07, 6.45) is 2.45. The molecule has 0 spiro atoms. The Morgan fingerprint density at radius 2 is 1.90 bits per heavy atom. The first-order valence-corrected chi connectivity index (χ1v) is 6.90. The summed E-state index contributed by atoms with van der Waals surface area (Å²) >= 11 is 0. The molecule has 2 fully saturated rings. The molecule has 0 unspecified atom stereocenters. The average Bonchev–Trinajstić information content (AvgIpc) is 2.92. The van der Waals surface area contributed by atoms with Crippen molar-refractivity contribution in [1.82, 2.24) is 10.2 Å². The van der Waals surface area contributed by atoms with Crippen molar-refractivity contribution in [2.45, 2.75) is 45.1 Å². The zero-order chi connectivity index (χ0) is 15.8. The second-order valence-corrected chi connectivity index (χ2v) is 6.10. The van der Waals surface area contributed by atoms with E-state index in [-0.39, 0.29) is 12.4 Å². The quantitative estimate of drug-likeness (QED) is 0.209. The predicted octanol–water partition coefficient (Wildman–Crippen LogP) is -0.443. The number of amidine groups is 1. The molecule has 0 bridgehead atoms. The topological polar surface area (TPSA) is 125 Å². The molecule has 1 aliphatic heterocycles. The number of carbonyl (C=O) groups excluding carboxylic acids is 3. The van der Waals surface area contributed by atoms with Gasteiger partial charge in [0.2, 0.25) is 11.8 Å². The Morgan fingerprint density at radius 1 is 1.33 bits per heavy atom. The second kappa shape index (κ2) is 5.01. The molecule has 0 aromatic carbocycles. The number of hydrogen-bond acceptors (Lipinski definition) is 5. The van der Waals surface area contributed by atoms with Crippen molar-refractivity contribution in [2.75, 3.05) is 6.54 Å². The Kier molecular flexibility index (Phi) is 3.65. The Bertz CT molecular complexity index is 520. The second-order valence-electron chi connectivity index (χ2n) is 6.10. The van der Waals surface area contributed by atoms with Crippen LogP contribution in [0.5, 0.6) is 0 Å². The van der Waals surface area contributed by atoms with Crippen molar-refractivity contribution in [3.63, 3.8) is 0 Å². The van der Waals surface area contributed by atoms with Gasteiger partial charge in [-0.2, -0.15) is 0 Å². The molecule has 1 aliphatic carbocycles. The smallest absolute Gasteiger partial charge is 0.252 e. The maximum atomic E-state index is 13.0. The first-order valence-electron chi connectivity index (χ1n) is 6.90. The first-order chi connectivity index (χ1) is 9.75. The number of piperazine rings is 1. The van der Waals surface area contributed by atoms with Crippen LogP contribution in [0.2, 0.25) is 0 Å². The normalized spacial score (nSPS) is 24.9. The van der Waals surface area contributed by atoms with Crippen LogP contribution in [0, 0.1) is 5.41 Å². The number of nitrogens with two attached hydrogens (primary N) is 1. The molecule has 4 N–H and O–H groups in total. The predicted molar refractivity (Wildman–Crippen MR) is 73.3 cm³/mol. The minimum absolute atomic E-state index is 0.153. The average molecular weight is 296 g/mol. The molecule has 21 heavy (non-hydrogen) atoms. The number of rotatable bonds is 2. The van der Waals surface area contributed by atoms with Crippen LogP contribution in [0.1, 0.15) is 39.5 Å². The molecule has 0 aromatic rings. The third-order valence-corrected chi connectivity index (χ3v) is 4.49. The number of oxime groups is 1. The van der Waals surface area contributed by atoms with Crippen LogP contribution in [0.4, 0.5) is 0 Å². The van der Waals surface area contributed by atoms with Gasteiger partial charge < -0.3 is 15.8 Å². The summed E-state index contributed by atoms with van der Waals surface area (Å²) in [5.41, 5.74) is 3.47. The zero-order valence-electron chi connectivity index (χ0n) is 12.2. The van der Waals surface area contributed by atoms with E-state index in [4.69, 9.17) is 10.9 Å². The highest BCUT2D eigenvalue weighted by Gasteiger charge is 2.53. The number of nitrogens with one attached hydrogen (secondary N) is 1. The van der Waals surface area contributed by atoms with E-state index in [2.05, 4.69) is 10.5 Å². The summed E-state index contributed by atoms with van der Waals surface area (Å²) in [5, 5.41) is 14.2. The lowest BCUT2D eigenvalue weighted by molar-refractivity contribution is -0.159. The van der Waals surface area contributed by atoms with Crippen molar-refractivity contribution in [1.29, 1.82) is 0 Å². The number of nitrogens with zero attached hydrogens (tertiary/aromatic N) is 2. The van der Waals surface area contributed by atoms with Gasteiger partial charge in [-0.15, -0.1) is 0 Å². The highest BCUT2D eigenvalue weighted by molar-refractivity contribution is 6.12. The number of amides is 3. The van der Waals surface area contributed by atoms with Crippen LogP contribution in [0.3, 0.4) is 0 Å². The molecule has 0 aromatic heterocycles. The van der Waals surface area contributed by atoms with Gasteiger partial charge in [0, 0.05) is 0 Å². The van der Waals surface area contributed by atoms with E-state index in [1.165, 1.54) is 4.90 Å².